The van der Waals surface area contributed by atoms with Gasteiger partial charge < -0.3 is 43.2 Å². The Kier molecular flexibility index (Phi) is 10.0. The number of aliphatic imine (C=N–C) groups is 1. The summed E-state index contributed by atoms with van der Waals surface area (Å²) in [6, 6.07) is 4.34. The second kappa shape index (κ2) is 12.9. The number of carbonyl (C=O) groups is 4. The molecule has 3 unspecified atom stereocenters. The molecule has 13 heteroatoms. The molecular weight excluding hydrogens is 456 g/mol. The Morgan fingerprint density at radius 2 is 1.83 bits per heavy atom. The van der Waals surface area contributed by atoms with Gasteiger partial charge in [0, 0.05) is 30.1 Å². The summed E-state index contributed by atoms with van der Waals surface area (Å²) in [5.41, 5.74) is 17.8. The van der Waals surface area contributed by atoms with Crippen LogP contribution in [0.2, 0.25) is 0 Å². The quantitative estimate of drug-likeness (QED) is 0.0915. The number of carboxylic acids is 1. The summed E-state index contributed by atoms with van der Waals surface area (Å²) >= 11 is 0. The molecule has 11 N–H and O–H groups in total. The van der Waals surface area contributed by atoms with E-state index in [1.165, 1.54) is 6.92 Å². The fourth-order valence-corrected chi connectivity index (χ4v) is 3.32. The first-order valence-corrected chi connectivity index (χ1v) is 11.0. The normalized spacial score (nSPS) is 13.3. The van der Waals surface area contributed by atoms with E-state index in [9.17, 15) is 24.3 Å². The number of aromatic amines is 1. The highest BCUT2D eigenvalue weighted by molar-refractivity contribution is 5.92. The first kappa shape index (κ1) is 27.1. The molecule has 3 amide bonds. The molecule has 35 heavy (non-hydrogen) atoms. The zero-order valence-electron chi connectivity index (χ0n) is 19.4. The number of amides is 3. The van der Waals surface area contributed by atoms with E-state index in [2.05, 4.69) is 25.9 Å². The smallest absolute Gasteiger partial charge is 0.326 e. The summed E-state index contributed by atoms with van der Waals surface area (Å²) < 4.78 is 0. The summed E-state index contributed by atoms with van der Waals surface area (Å²) in [7, 11) is 0. The molecule has 0 saturated carbocycles. The van der Waals surface area contributed by atoms with Gasteiger partial charge in [-0.1, -0.05) is 18.2 Å². The molecule has 0 radical (unpaired) electrons. The van der Waals surface area contributed by atoms with Gasteiger partial charge in [-0.05, 0) is 31.4 Å². The molecule has 1 heterocycles. The predicted octanol–water partition coefficient (Wildman–Crippen LogP) is -1.72. The number of nitrogens with zero attached hydrogens (tertiary/aromatic N) is 1. The van der Waals surface area contributed by atoms with E-state index in [1.54, 1.807) is 6.20 Å². The summed E-state index contributed by atoms with van der Waals surface area (Å²) in [6.45, 7) is 1.35. The van der Waals surface area contributed by atoms with Crippen molar-refractivity contribution in [1.82, 2.24) is 20.9 Å². The van der Waals surface area contributed by atoms with E-state index in [-0.39, 0.29) is 12.4 Å². The van der Waals surface area contributed by atoms with Crippen LogP contribution < -0.4 is 33.2 Å². The maximum absolute atomic E-state index is 12.5. The fraction of sp³-hybridized carbons (Fsp3) is 0.409. The van der Waals surface area contributed by atoms with Crippen molar-refractivity contribution >= 4 is 40.6 Å². The molecule has 0 saturated heterocycles. The minimum atomic E-state index is -1.21. The standard InChI is InChI=1S/C22H32N8O5/c1-12(29-18(31)11-28-20(33)15(23)6-4-8-26-22(24)25)19(32)30-17(21(34)35)9-13-10-27-16-7-3-2-5-14(13)16/h2-3,5,7,10,12,15,17,27H,4,6,8-9,11,23H2,1H3,(H,28,33)(H,29,31)(H,30,32)(H,34,35)(H4,24,25,26). The van der Waals surface area contributed by atoms with Crippen LogP contribution in [-0.2, 0) is 25.6 Å². The Morgan fingerprint density at radius 3 is 2.51 bits per heavy atom. The molecule has 190 valence electrons. The van der Waals surface area contributed by atoms with Crippen molar-refractivity contribution in [3.8, 4) is 0 Å². The van der Waals surface area contributed by atoms with Gasteiger partial charge >= 0.3 is 5.97 Å². The lowest BCUT2D eigenvalue weighted by molar-refractivity contribution is -0.142. The minimum absolute atomic E-state index is 0.0505. The van der Waals surface area contributed by atoms with Gasteiger partial charge in [0.15, 0.2) is 5.96 Å². The van der Waals surface area contributed by atoms with Gasteiger partial charge in [-0.3, -0.25) is 19.4 Å². The number of guanidine groups is 1. The number of para-hydroxylation sites is 1. The van der Waals surface area contributed by atoms with Crippen LogP contribution in [0.5, 0.6) is 0 Å². The Balaban J connectivity index is 1.80. The number of aromatic nitrogens is 1. The molecule has 0 bridgehead atoms. The molecule has 3 atom stereocenters. The van der Waals surface area contributed by atoms with Crippen molar-refractivity contribution < 1.29 is 24.3 Å². The third-order valence-electron chi connectivity index (χ3n) is 5.21. The number of nitrogens with two attached hydrogens (primary N) is 3. The summed E-state index contributed by atoms with van der Waals surface area (Å²) in [6.07, 6.45) is 2.56. The second-order valence-electron chi connectivity index (χ2n) is 8.03. The Hall–Kier alpha value is -4.13. The van der Waals surface area contributed by atoms with Gasteiger partial charge in [-0.25, -0.2) is 4.79 Å². The van der Waals surface area contributed by atoms with Crippen molar-refractivity contribution in [2.75, 3.05) is 13.1 Å². The molecular formula is C22H32N8O5. The van der Waals surface area contributed by atoms with Crippen molar-refractivity contribution in [1.29, 1.82) is 0 Å². The van der Waals surface area contributed by atoms with E-state index in [0.717, 1.165) is 16.5 Å². The van der Waals surface area contributed by atoms with E-state index >= 15 is 0 Å². The van der Waals surface area contributed by atoms with Gasteiger partial charge in [0.2, 0.25) is 17.7 Å². The monoisotopic (exact) mass is 488 g/mol. The average molecular weight is 489 g/mol. The van der Waals surface area contributed by atoms with Crippen LogP contribution in [0.15, 0.2) is 35.5 Å². The molecule has 0 fully saturated rings. The Labute approximate surface area is 201 Å². The summed E-state index contributed by atoms with van der Waals surface area (Å²) in [4.78, 5) is 55.2. The number of benzene rings is 1. The van der Waals surface area contributed by atoms with Crippen LogP contribution in [0, 0.1) is 0 Å². The zero-order valence-corrected chi connectivity index (χ0v) is 19.4. The van der Waals surface area contributed by atoms with Gasteiger partial charge in [0.05, 0.1) is 12.6 Å². The SMILES string of the molecule is CC(NC(=O)CNC(=O)C(N)CCCN=C(N)N)C(=O)NC(Cc1c[nH]c2ccccc12)C(=O)O. The van der Waals surface area contributed by atoms with Crippen LogP contribution >= 0.6 is 0 Å². The highest BCUT2D eigenvalue weighted by Crippen LogP contribution is 2.19. The van der Waals surface area contributed by atoms with Crippen molar-refractivity contribution in [3.05, 3.63) is 36.0 Å². The molecule has 0 aliphatic rings. The third-order valence-corrected chi connectivity index (χ3v) is 5.21. The van der Waals surface area contributed by atoms with Crippen molar-refractivity contribution in [3.63, 3.8) is 0 Å². The highest BCUT2D eigenvalue weighted by atomic mass is 16.4. The van der Waals surface area contributed by atoms with E-state index in [0.29, 0.717) is 19.4 Å². The lowest BCUT2D eigenvalue weighted by Gasteiger charge is -2.19. The van der Waals surface area contributed by atoms with Gasteiger partial charge in [-0.2, -0.15) is 0 Å². The van der Waals surface area contributed by atoms with Crippen LogP contribution in [0.4, 0.5) is 0 Å². The van der Waals surface area contributed by atoms with Crippen LogP contribution in [0.25, 0.3) is 10.9 Å². The molecule has 0 aliphatic carbocycles. The second-order valence-corrected chi connectivity index (χ2v) is 8.03. The average Bonchev–Trinajstić information content (AvgIpc) is 3.22. The summed E-state index contributed by atoms with van der Waals surface area (Å²) in [5.74, 6) is -3.09. The van der Waals surface area contributed by atoms with Crippen LogP contribution in [-0.4, -0.2) is 71.0 Å². The highest BCUT2D eigenvalue weighted by Gasteiger charge is 2.25. The van der Waals surface area contributed by atoms with Gasteiger partial charge in [0.1, 0.15) is 12.1 Å². The predicted molar refractivity (Wildman–Crippen MR) is 130 cm³/mol. The van der Waals surface area contributed by atoms with Crippen LogP contribution in [0.3, 0.4) is 0 Å². The lowest BCUT2D eigenvalue weighted by atomic mass is 10.0. The molecule has 13 nitrogen and oxygen atoms in total. The third kappa shape index (κ3) is 8.62. The van der Waals surface area contributed by atoms with E-state index in [4.69, 9.17) is 17.2 Å². The van der Waals surface area contributed by atoms with Gasteiger partial charge in [-0.15, -0.1) is 0 Å². The Morgan fingerprint density at radius 1 is 1.11 bits per heavy atom. The number of hydrogen-bond donors (Lipinski definition) is 8. The Bertz CT molecular complexity index is 1080. The molecule has 1 aromatic carbocycles. The molecule has 2 aromatic rings. The number of H-pyrrole nitrogens is 1. The largest absolute Gasteiger partial charge is 0.480 e. The maximum Gasteiger partial charge on any atom is 0.326 e. The fourth-order valence-electron chi connectivity index (χ4n) is 3.32. The first-order chi connectivity index (χ1) is 16.6. The molecule has 0 aliphatic heterocycles. The minimum Gasteiger partial charge on any atom is -0.480 e. The number of aliphatic carboxylic acids is 1. The molecule has 2 rings (SSSR count). The topological polar surface area (TPSA) is 231 Å². The van der Waals surface area contributed by atoms with Crippen molar-refractivity contribution in [2.24, 2.45) is 22.2 Å². The number of fused-ring (bicyclic) bond motifs is 1. The number of carbonyl (C=O) groups excluding carboxylic acids is 3. The number of nitrogens with one attached hydrogen (secondary N) is 4. The van der Waals surface area contributed by atoms with E-state index in [1.807, 2.05) is 24.3 Å². The zero-order chi connectivity index (χ0) is 26.0. The number of carboxylic acid groups (broad SMARTS) is 1. The first-order valence-electron chi connectivity index (χ1n) is 11.0. The molecule has 1 aromatic heterocycles. The lowest BCUT2D eigenvalue weighted by Crippen LogP contribution is -2.53. The van der Waals surface area contributed by atoms with E-state index < -0.39 is 48.4 Å². The number of rotatable bonds is 13. The molecule has 0 spiro atoms. The summed E-state index contributed by atoms with van der Waals surface area (Å²) in [5, 5.41) is 17.7. The number of hydrogen-bond acceptors (Lipinski definition) is 6. The van der Waals surface area contributed by atoms with Gasteiger partial charge in [0.25, 0.3) is 0 Å². The van der Waals surface area contributed by atoms with Crippen LogP contribution in [0.1, 0.15) is 25.3 Å². The maximum atomic E-state index is 12.5. The van der Waals surface area contributed by atoms with Crippen molar-refractivity contribution in [2.45, 2.75) is 44.3 Å².